The summed E-state index contributed by atoms with van der Waals surface area (Å²) in [6, 6.07) is 54.0. The molecule has 48 heavy (non-hydrogen) atoms. The quantitative estimate of drug-likeness (QED) is 0.157. The number of nitrogens with zero attached hydrogens (tertiary/aromatic N) is 1. The summed E-state index contributed by atoms with van der Waals surface area (Å²) >= 11 is 1.88. The normalized spacial score (nSPS) is 16.8. The van der Waals surface area contributed by atoms with Crippen molar-refractivity contribution in [3.8, 4) is 0 Å². The Kier molecular flexibility index (Phi) is 7.62. The third-order valence-corrected chi connectivity index (χ3v) is 11.4. The molecule has 1 nitrogen and oxygen atoms in total. The van der Waals surface area contributed by atoms with Gasteiger partial charge in [-0.05, 0) is 84.0 Å². The zero-order valence-corrected chi connectivity index (χ0v) is 28.5. The number of hydrogen-bond donors (Lipinski definition) is 0. The summed E-state index contributed by atoms with van der Waals surface area (Å²) in [4.78, 5) is 2.48. The average molecular weight is 638 g/mol. The van der Waals surface area contributed by atoms with Gasteiger partial charge in [-0.3, -0.25) is 0 Å². The highest BCUT2D eigenvalue weighted by Crippen LogP contribution is 2.59. The molecule has 0 saturated heterocycles. The van der Waals surface area contributed by atoms with Crippen LogP contribution >= 0.6 is 11.3 Å². The maximum Gasteiger partial charge on any atom is 0.0640 e. The van der Waals surface area contributed by atoms with E-state index in [-0.39, 0.29) is 11.3 Å². The molecule has 0 fully saturated rings. The standard InChI is InChI=1S/C46H39NS/c1-31(2)25-28-41-33(4)38-27-26-37(30-42(38)46(41,34-16-7-5-8-17-34)35-18-9-6-10-19-35)47(36-20-13-15-32(3)29-36)43-23-14-22-40-39-21-11-12-24-44(39)48-45(40)43/h5-30,33,41H,1H2,2-4H3/t33-,41?/m1/s1. The Morgan fingerprint density at radius 2 is 1.35 bits per heavy atom. The molecule has 0 amide bonds. The zero-order valence-electron chi connectivity index (χ0n) is 27.7. The molecule has 0 radical (unpaired) electrons. The average Bonchev–Trinajstić information content (AvgIpc) is 3.62. The van der Waals surface area contributed by atoms with Crippen LogP contribution in [0.15, 0.2) is 170 Å². The van der Waals surface area contributed by atoms with Crippen molar-refractivity contribution in [3.05, 3.63) is 198 Å². The minimum Gasteiger partial charge on any atom is -0.309 e. The second kappa shape index (κ2) is 12.1. The van der Waals surface area contributed by atoms with Gasteiger partial charge in [-0.2, -0.15) is 0 Å². The molecule has 0 N–H and O–H groups in total. The molecule has 1 aliphatic carbocycles. The maximum atomic E-state index is 4.24. The molecule has 6 aromatic carbocycles. The van der Waals surface area contributed by atoms with Crippen molar-refractivity contribution in [1.82, 2.24) is 0 Å². The molecular formula is C46H39NS. The molecule has 0 saturated carbocycles. The number of anilines is 3. The van der Waals surface area contributed by atoms with Crippen LogP contribution < -0.4 is 4.90 Å². The van der Waals surface area contributed by atoms with Crippen LogP contribution in [0.5, 0.6) is 0 Å². The third kappa shape index (κ3) is 4.83. The molecule has 0 aliphatic heterocycles. The molecule has 0 spiro atoms. The second-order valence-electron chi connectivity index (χ2n) is 13.3. The number of thiophene rings is 1. The number of benzene rings is 6. The number of allylic oxidation sites excluding steroid dienone is 3. The fraction of sp³-hybridized carbons (Fsp3) is 0.130. The van der Waals surface area contributed by atoms with E-state index in [0.29, 0.717) is 5.92 Å². The fourth-order valence-corrected chi connectivity index (χ4v) is 9.32. The van der Waals surface area contributed by atoms with E-state index in [1.165, 1.54) is 53.7 Å². The molecule has 0 bridgehead atoms. The minimum atomic E-state index is -0.388. The van der Waals surface area contributed by atoms with Crippen molar-refractivity contribution in [3.63, 3.8) is 0 Å². The first kappa shape index (κ1) is 30.2. The molecule has 1 aliphatic rings. The largest absolute Gasteiger partial charge is 0.309 e. The summed E-state index contributed by atoms with van der Waals surface area (Å²) < 4.78 is 2.61. The van der Waals surface area contributed by atoms with Crippen molar-refractivity contribution < 1.29 is 0 Å². The molecular weight excluding hydrogens is 599 g/mol. The molecule has 8 rings (SSSR count). The van der Waals surface area contributed by atoms with Crippen LogP contribution in [0.3, 0.4) is 0 Å². The molecule has 7 aromatic rings. The van der Waals surface area contributed by atoms with Crippen LogP contribution in [0.4, 0.5) is 17.1 Å². The summed E-state index contributed by atoms with van der Waals surface area (Å²) in [5.74, 6) is 0.492. The topological polar surface area (TPSA) is 3.24 Å². The summed E-state index contributed by atoms with van der Waals surface area (Å²) in [7, 11) is 0. The van der Waals surface area contributed by atoms with E-state index in [1.807, 2.05) is 11.3 Å². The van der Waals surface area contributed by atoms with Crippen LogP contribution in [0.1, 0.15) is 47.6 Å². The lowest BCUT2D eigenvalue weighted by Gasteiger charge is -2.38. The van der Waals surface area contributed by atoms with Gasteiger partial charge in [0.05, 0.1) is 15.8 Å². The minimum absolute atomic E-state index is 0.197. The van der Waals surface area contributed by atoms with Gasteiger partial charge in [0, 0.05) is 32.8 Å². The first-order valence-corrected chi connectivity index (χ1v) is 17.6. The van der Waals surface area contributed by atoms with E-state index in [9.17, 15) is 0 Å². The Hall–Kier alpha value is -5.18. The maximum absolute atomic E-state index is 4.24. The van der Waals surface area contributed by atoms with Gasteiger partial charge in [-0.1, -0.05) is 140 Å². The lowest BCUT2D eigenvalue weighted by molar-refractivity contribution is 0.439. The van der Waals surface area contributed by atoms with Crippen molar-refractivity contribution in [2.45, 2.75) is 32.1 Å². The van der Waals surface area contributed by atoms with Gasteiger partial charge < -0.3 is 4.90 Å². The van der Waals surface area contributed by atoms with Gasteiger partial charge in [0.25, 0.3) is 0 Å². The highest BCUT2D eigenvalue weighted by atomic mass is 32.1. The molecule has 234 valence electrons. The lowest BCUT2D eigenvalue weighted by atomic mass is 9.64. The molecule has 2 atom stereocenters. The third-order valence-electron chi connectivity index (χ3n) is 10.2. The smallest absolute Gasteiger partial charge is 0.0640 e. The van der Waals surface area contributed by atoms with E-state index in [0.717, 1.165) is 16.9 Å². The number of rotatable bonds is 7. The Morgan fingerprint density at radius 3 is 2.06 bits per heavy atom. The van der Waals surface area contributed by atoms with Crippen LogP contribution in [0.25, 0.3) is 20.2 Å². The molecule has 2 heteroatoms. The van der Waals surface area contributed by atoms with Gasteiger partial charge in [0.1, 0.15) is 0 Å². The molecule has 1 unspecified atom stereocenters. The van der Waals surface area contributed by atoms with Crippen LogP contribution in [0, 0.1) is 12.8 Å². The predicted molar refractivity (Wildman–Crippen MR) is 207 cm³/mol. The van der Waals surface area contributed by atoms with E-state index in [4.69, 9.17) is 0 Å². The first-order valence-electron chi connectivity index (χ1n) is 16.8. The Balaban J connectivity index is 1.44. The number of fused-ring (bicyclic) bond motifs is 4. The monoisotopic (exact) mass is 637 g/mol. The first-order chi connectivity index (χ1) is 23.5. The Bertz CT molecular complexity index is 2270. The highest BCUT2D eigenvalue weighted by Gasteiger charge is 2.52. The van der Waals surface area contributed by atoms with Gasteiger partial charge >= 0.3 is 0 Å². The van der Waals surface area contributed by atoms with Gasteiger partial charge in [0.2, 0.25) is 0 Å². The summed E-state index contributed by atoms with van der Waals surface area (Å²) in [6.45, 7) is 10.9. The summed E-state index contributed by atoms with van der Waals surface area (Å²) in [6.07, 6.45) is 4.64. The second-order valence-corrected chi connectivity index (χ2v) is 14.3. The summed E-state index contributed by atoms with van der Waals surface area (Å²) in [5, 5.41) is 2.61. The van der Waals surface area contributed by atoms with Crippen molar-refractivity contribution >= 4 is 48.6 Å². The Morgan fingerprint density at radius 1 is 0.708 bits per heavy atom. The summed E-state index contributed by atoms with van der Waals surface area (Å²) in [5.41, 5.74) is 10.8. The van der Waals surface area contributed by atoms with Gasteiger partial charge in [-0.25, -0.2) is 0 Å². The zero-order chi connectivity index (χ0) is 32.8. The fourth-order valence-electron chi connectivity index (χ4n) is 8.12. The van der Waals surface area contributed by atoms with Gasteiger partial charge in [-0.15, -0.1) is 11.3 Å². The van der Waals surface area contributed by atoms with Crippen LogP contribution in [-0.2, 0) is 5.41 Å². The van der Waals surface area contributed by atoms with E-state index < -0.39 is 0 Å². The molecule has 1 aromatic heterocycles. The van der Waals surface area contributed by atoms with Crippen molar-refractivity contribution in [2.24, 2.45) is 5.92 Å². The SMILES string of the molecule is C=C(C)C=CC1[C@H](C)c2ccc(N(c3cccc(C)c3)c3cccc4c3sc3ccccc34)cc2C1(c1ccccc1)c1ccccc1. The van der Waals surface area contributed by atoms with Crippen molar-refractivity contribution in [1.29, 1.82) is 0 Å². The number of aryl methyl sites for hydroxylation is 1. The Labute approximate surface area is 288 Å². The van der Waals surface area contributed by atoms with Crippen molar-refractivity contribution in [2.75, 3.05) is 4.90 Å². The predicted octanol–water partition coefficient (Wildman–Crippen LogP) is 13.0. The van der Waals surface area contributed by atoms with Crippen LogP contribution in [-0.4, -0.2) is 0 Å². The highest BCUT2D eigenvalue weighted by molar-refractivity contribution is 7.26. The van der Waals surface area contributed by atoms with Crippen LogP contribution in [0.2, 0.25) is 0 Å². The van der Waals surface area contributed by atoms with E-state index in [1.54, 1.807) is 0 Å². The number of hydrogen-bond acceptors (Lipinski definition) is 2. The molecule has 1 heterocycles. The van der Waals surface area contributed by atoms with E-state index >= 15 is 0 Å². The van der Waals surface area contributed by atoms with Gasteiger partial charge in [0.15, 0.2) is 0 Å². The van der Waals surface area contributed by atoms with E-state index in [2.05, 4.69) is 190 Å². The lowest BCUT2D eigenvalue weighted by Crippen LogP contribution is -2.34.